The molecule has 7 heteroatoms. The van der Waals surface area contributed by atoms with Gasteiger partial charge >= 0.3 is 0 Å². The maximum absolute atomic E-state index is 12.1. The van der Waals surface area contributed by atoms with E-state index >= 15 is 0 Å². The molecule has 6 nitrogen and oxygen atoms in total. The molecule has 0 saturated heterocycles. The number of rotatable bonds is 6. The number of fused-ring (bicyclic) bond motifs is 1. The summed E-state index contributed by atoms with van der Waals surface area (Å²) < 4.78 is 10.5. The van der Waals surface area contributed by atoms with Crippen LogP contribution in [0.5, 0.6) is 11.5 Å². The van der Waals surface area contributed by atoms with E-state index < -0.39 is 5.91 Å². The fraction of sp³-hybridized carbons (Fsp3) is 0.133. The number of carbonyl (C=O) groups is 1. The van der Waals surface area contributed by atoms with Crippen LogP contribution in [0.3, 0.4) is 0 Å². The summed E-state index contributed by atoms with van der Waals surface area (Å²) in [5, 5.41) is 13.3. The van der Waals surface area contributed by atoms with Gasteiger partial charge in [0.1, 0.15) is 0 Å². The minimum absolute atomic E-state index is 0.0253. The van der Waals surface area contributed by atoms with Gasteiger partial charge in [-0.15, -0.1) is 0 Å². The fourth-order valence-corrected chi connectivity index (χ4v) is 2.05. The molecule has 0 saturated carbocycles. The van der Waals surface area contributed by atoms with Gasteiger partial charge < -0.3 is 25.5 Å². The minimum atomic E-state index is -0.482. The average molecular weight is 322 g/mol. The van der Waals surface area contributed by atoms with E-state index in [9.17, 15) is 10.0 Å². The number of hydroxylamine groups is 1. The summed E-state index contributed by atoms with van der Waals surface area (Å²) in [7, 11) is 0. The van der Waals surface area contributed by atoms with Crippen LogP contribution < -0.4 is 20.3 Å². The molecule has 0 radical (unpaired) electrons. The van der Waals surface area contributed by atoms with Crippen LogP contribution in [-0.2, 0) is 11.3 Å². The Hall–Kier alpha value is -2.44. The Morgan fingerprint density at radius 3 is 2.91 bits per heavy atom. The van der Waals surface area contributed by atoms with E-state index in [0.29, 0.717) is 11.5 Å². The lowest BCUT2D eigenvalue weighted by atomic mass is 10.2. The van der Waals surface area contributed by atoms with Crippen molar-refractivity contribution in [1.29, 1.82) is 0 Å². The summed E-state index contributed by atoms with van der Waals surface area (Å²) in [5.41, 5.74) is 2.41. The molecule has 1 aliphatic heterocycles. The van der Waals surface area contributed by atoms with Crippen LogP contribution in [0.15, 0.2) is 53.7 Å². The third-order valence-corrected chi connectivity index (χ3v) is 3.19. The SMILES string of the molecule is C=CC=C(Cl)C(=CN[O-])C(=O)NCc1ccc2c(c1)OCO2. The number of amides is 1. The summed E-state index contributed by atoms with van der Waals surface area (Å²) >= 11 is 5.92. The van der Waals surface area contributed by atoms with Crippen LogP contribution in [0.25, 0.3) is 0 Å². The molecular weight excluding hydrogens is 308 g/mol. The van der Waals surface area contributed by atoms with Gasteiger partial charge in [0.2, 0.25) is 6.79 Å². The Balaban J connectivity index is 2.03. The molecule has 0 atom stereocenters. The average Bonchev–Trinajstić information content (AvgIpc) is 2.98. The smallest absolute Gasteiger partial charge is 0.254 e. The van der Waals surface area contributed by atoms with E-state index in [1.54, 1.807) is 17.6 Å². The molecule has 1 aromatic carbocycles. The zero-order valence-corrected chi connectivity index (χ0v) is 12.4. The topological polar surface area (TPSA) is 82.7 Å². The van der Waals surface area contributed by atoms with Crippen LogP contribution in [0.2, 0.25) is 0 Å². The van der Waals surface area contributed by atoms with Crippen molar-refractivity contribution in [1.82, 2.24) is 10.8 Å². The Bertz CT molecular complexity index is 640. The number of benzene rings is 1. The molecule has 1 heterocycles. The van der Waals surface area contributed by atoms with Gasteiger partial charge in [0, 0.05) is 12.7 Å². The summed E-state index contributed by atoms with van der Waals surface area (Å²) in [6, 6.07) is 5.35. The Kier molecular flexibility index (Phi) is 5.46. The molecule has 0 aromatic heterocycles. The predicted molar refractivity (Wildman–Crippen MR) is 83.1 cm³/mol. The lowest BCUT2D eigenvalue weighted by molar-refractivity contribution is -0.117. The number of allylic oxidation sites excluding steroid dienone is 2. The second-order valence-corrected chi connectivity index (χ2v) is 4.70. The highest BCUT2D eigenvalue weighted by Crippen LogP contribution is 2.32. The molecule has 1 aromatic rings. The number of nitrogens with one attached hydrogen (secondary N) is 2. The fourth-order valence-electron chi connectivity index (χ4n) is 1.82. The molecule has 1 aliphatic rings. The zero-order valence-electron chi connectivity index (χ0n) is 11.6. The predicted octanol–water partition coefficient (Wildman–Crippen LogP) is 2.31. The van der Waals surface area contributed by atoms with Crippen LogP contribution in [0, 0.1) is 5.21 Å². The second kappa shape index (κ2) is 7.53. The molecule has 2 N–H and O–H groups in total. The van der Waals surface area contributed by atoms with Crippen molar-refractivity contribution in [3.8, 4) is 11.5 Å². The van der Waals surface area contributed by atoms with Crippen molar-refractivity contribution in [2.75, 3.05) is 6.79 Å². The van der Waals surface area contributed by atoms with Crippen molar-refractivity contribution >= 4 is 17.5 Å². The van der Waals surface area contributed by atoms with E-state index in [-0.39, 0.29) is 23.9 Å². The van der Waals surface area contributed by atoms with Gasteiger partial charge in [0.25, 0.3) is 5.91 Å². The molecule has 116 valence electrons. The Labute approximate surface area is 132 Å². The molecule has 0 unspecified atom stereocenters. The molecule has 22 heavy (non-hydrogen) atoms. The van der Waals surface area contributed by atoms with Gasteiger partial charge in [-0.3, -0.25) is 4.79 Å². The van der Waals surface area contributed by atoms with Gasteiger partial charge in [0.05, 0.1) is 10.6 Å². The van der Waals surface area contributed by atoms with E-state index in [0.717, 1.165) is 11.8 Å². The first kappa shape index (κ1) is 15.9. The van der Waals surface area contributed by atoms with Gasteiger partial charge in [-0.25, -0.2) is 0 Å². The lowest BCUT2D eigenvalue weighted by Gasteiger charge is -2.11. The molecule has 2 rings (SSSR count). The Morgan fingerprint density at radius 1 is 1.41 bits per heavy atom. The molecule has 0 spiro atoms. The highest BCUT2D eigenvalue weighted by atomic mass is 35.5. The van der Waals surface area contributed by atoms with E-state index in [2.05, 4.69) is 11.9 Å². The molecule has 0 bridgehead atoms. The van der Waals surface area contributed by atoms with Crippen molar-refractivity contribution in [3.05, 3.63) is 64.5 Å². The van der Waals surface area contributed by atoms with Crippen molar-refractivity contribution in [2.24, 2.45) is 0 Å². The second-order valence-electron chi connectivity index (χ2n) is 4.30. The number of carbonyl (C=O) groups excluding carboxylic acids is 1. The first-order valence-electron chi connectivity index (χ1n) is 6.39. The van der Waals surface area contributed by atoms with Crippen LogP contribution >= 0.6 is 11.6 Å². The standard InChI is InChI=1S/C15H14ClN2O4/c1-2-3-12(16)11(8-18-20)15(19)17-7-10-4-5-13-14(6-10)22-9-21-13/h2-6,8,18H,1,7,9H2,(H,17,19)/q-1. The highest BCUT2D eigenvalue weighted by molar-refractivity contribution is 6.35. The quantitative estimate of drug-likeness (QED) is 0.477. The minimum Gasteiger partial charge on any atom is -0.761 e. The van der Waals surface area contributed by atoms with Gasteiger partial charge in [-0.1, -0.05) is 30.3 Å². The maximum Gasteiger partial charge on any atom is 0.254 e. The van der Waals surface area contributed by atoms with E-state index in [1.807, 2.05) is 6.07 Å². The van der Waals surface area contributed by atoms with Gasteiger partial charge in [-0.05, 0) is 23.8 Å². The summed E-state index contributed by atoms with van der Waals surface area (Å²) in [5.74, 6) is 0.820. The van der Waals surface area contributed by atoms with Crippen LogP contribution in [0.4, 0.5) is 0 Å². The van der Waals surface area contributed by atoms with Crippen LogP contribution in [0.1, 0.15) is 5.56 Å². The van der Waals surface area contributed by atoms with E-state index in [4.69, 9.17) is 21.1 Å². The monoisotopic (exact) mass is 321 g/mol. The lowest BCUT2D eigenvalue weighted by Crippen LogP contribution is -2.25. The van der Waals surface area contributed by atoms with Crippen LogP contribution in [-0.4, -0.2) is 12.7 Å². The summed E-state index contributed by atoms with van der Waals surface area (Å²) in [6.07, 6.45) is 3.83. The highest BCUT2D eigenvalue weighted by Gasteiger charge is 2.15. The normalized spacial score (nSPS) is 13.7. The maximum atomic E-state index is 12.1. The molecule has 0 fully saturated rings. The first-order chi connectivity index (χ1) is 10.7. The summed E-state index contributed by atoms with van der Waals surface area (Å²) in [6.45, 7) is 3.93. The van der Waals surface area contributed by atoms with E-state index in [1.165, 1.54) is 12.2 Å². The first-order valence-corrected chi connectivity index (χ1v) is 6.76. The molecular formula is C15H14ClN2O4-. The van der Waals surface area contributed by atoms with Gasteiger partial charge in [0.15, 0.2) is 11.5 Å². The van der Waals surface area contributed by atoms with Crippen molar-refractivity contribution in [3.63, 3.8) is 0 Å². The van der Waals surface area contributed by atoms with Crippen molar-refractivity contribution < 1.29 is 14.3 Å². The molecule has 1 amide bonds. The Morgan fingerprint density at radius 2 is 2.18 bits per heavy atom. The number of halogens is 1. The largest absolute Gasteiger partial charge is 0.761 e. The number of ether oxygens (including phenoxy) is 2. The van der Waals surface area contributed by atoms with Crippen molar-refractivity contribution in [2.45, 2.75) is 6.54 Å². The number of hydrogen-bond donors (Lipinski definition) is 2. The zero-order chi connectivity index (χ0) is 15.9. The molecule has 0 aliphatic carbocycles. The van der Waals surface area contributed by atoms with Gasteiger partial charge in [-0.2, -0.15) is 0 Å². The third-order valence-electron chi connectivity index (χ3n) is 2.86. The third kappa shape index (κ3) is 3.81. The number of hydrogen-bond acceptors (Lipinski definition) is 5. The summed E-state index contributed by atoms with van der Waals surface area (Å²) in [4.78, 5) is 12.1.